The van der Waals surface area contributed by atoms with Crippen LogP contribution < -0.4 is 0 Å². The molecule has 0 aromatic rings. The fourth-order valence-electron chi connectivity index (χ4n) is 3.01. The number of hydrogen-bond donors (Lipinski definition) is 0. The van der Waals surface area contributed by atoms with Gasteiger partial charge in [0.1, 0.15) is 12.9 Å². The van der Waals surface area contributed by atoms with Crippen LogP contribution in [0.15, 0.2) is 23.3 Å². The third-order valence-electron chi connectivity index (χ3n) is 4.25. The minimum absolute atomic E-state index is 0.187. The van der Waals surface area contributed by atoms with E-state index in [0.29, 0.717) is 11.3 Å². The number of carbonyl (C=O) groups is 2. The summed E-state index contributed by atoms with van der Waals surface area (Å²) in [6, 6.07) is 0. The number of ether oxygens (including phenoxy) is 1. The molecule has 0 aromatic carbocycles. The molecule has 3 nitrogen and oxygen atoms in total. The predicted octanol–water partition coefficient (Wildman–Crippen LogP) is 3.84. The van der Waals surface area contributed by atoms with E-state index in [-0.39, 0.29) is 12.6 Å². The molecule has 0 fully saturated rings. The van der Waals surface area contributed by atoms with E-state index in [1.54, 1.807) is 6.08 Å². The Hall–Kier alpha value is -1.38. The Morgan fingerprint density at radius 2 is 2.20 bits per heavy atom. The number of carbonyl (C=O) groups excluding carboxylic acids is 2. The molecule has 112 valence electrons. The zero-order chi connectivity index (χ0) is 15.2. The highest BCUT2D eigenvalue weighted by molar-refractivity contribution is 5.73. The third kappa shape index (κ3) is 4.95. The molecule has 0 saturated carbocycles. The maximum Gasteiger partial charge on any atom is 0.302 e. The Morgan fingerprint density at radius 1 is 1.50 bits per heavy atom. The highest BCUT2D eigenvalue weighted by Crippen LogP contribution is 2.43. The van der Waals surface area contributed by atoms with Gasteiger partial charge in [-0.05, 0) is 55.6 Å². The van der Waals surface area contributed by atoms with Crippen LogP contribution in [0.4, 0.5) is 0 Å². The van der Waals surface area contributed by atoms with Crippen molar-refractivity contribution in [3.05, 3.63) is 23.3 Å². The molecular weight excluding hydrogens is 252 g/mol. The van der Waals surface area contributed by atoms with Crippen LogP contribution >= 0.6 is 0 Å². The second-order valence-corrected chi connectivity index (χ2v) is 6.27. The molecule has 1 unspecified atom stereocenters. The second-order valence-electron chi connectivity index (χ2n) is 6.27. The van der Waals surface area contributed by atoms with Crippen LogP contribution in [0.5, 0.6) is 0 Å². The summed E-state index contributed by atoms with van der Waals surface area (Å²) >= 11 is 0. The lowest BCUT2D eigenvalue weighted by Gasteiger charge is -2.38. The molecule has 0 saturated heterocycles. The highest BCUT2D eigenvalue weighted by atomic mass is 16.5. The highest BCUT2D eigenvalue weighted by Gasteiger charge is 2.32. The van der Waals surface area contributed by atoms with Crippen LogP contribution in [-0.4, -0.2) is 18.9 Å². The fraction of sp³-hybridized carbons (Fsp3) is 0.647. The van der Waals surface area contributed by atoms with E-state index in [2.05, 4.69) is 26.8 Å². The normalized spacial score (nSPS) is 22.1. The topological polar surface area (TPSA) is 43.4 Å². The molecule has 1 aliphatic carbocycles. The van der Waals surface area contributed by atoms with Crippen LogP contribution in [0.1, 0.15) is 53.4 Å². The van der Waals surface area contributed by atoms with Gasteiger partial charge < -0.3 is 4.74 Å². The van der Waals surface area contributed by atoms with Crippen molar-refractivity contribution >= 4 is 12.3 Å². The van der Waals surface area contributed by atoms with Crippen LogP contribution in [0.2, 0.25) is 0 Å². The average Bonchev–Trinajstić information content (AvgIpc) is 2.34. The van der Waals surface area contributed by atoms with Gasteiger partial charge in [0, 0.05) is 6.92 Å². The van der Waals surface area contributed by atoms with E-state index in [0.717, 1.165) is 31.1 Å². The molecule has 0 aliphatic heterocycles. The molecular formula is C17H26O3. The first-order valence-electron chi connectivity index (χ1n) is 7.31. The van der Waals surface area contributed by atoms with Gasteiger partial charge in [0.05, 0.1) is 0 Å². The van der Waals surface area contributed by atoms with Crippen molar-refractivity contribution in [2.24, 2.45) is 11.3 Å². The standard InChI is InChI=1S/C17H26O3/c1-13-6-5-10-17(3,4)16(13)8-7-15(12-18)9-11-20-14(2)19/h6,9,12,16H,5,7-8,10-11H2,1-4H3/b15-9+. The van der Waals surface area contributed by atoms with Gasteiger partial charge in [0.2, 0.25) is 0 Å². The molecule has 0 amide bonds. The summed E-state index contributed by atoms with van der Waals surface area (Å²) in [5, 5.41) is 0. The monoisotopic (exact) mass is 278 g/mol. The predicted molar refractivity (Wildman–Crippen MR) is 80.3 cm³/mol. The smallest absolute Gasteiger partial charge is 0.302 e. The van der Waals surface area contributed by atoms with Gasteiger partial charge in [-0.25, -0.2) is 0 Å². The molecule has 0 heterocycles. The lowest BCUT2D eigenvalue weighted by Crippen LogP contribution is -2.28. The van der Waals surface area contributed by atoms with Crippen molar-refractivity contribution in [3.63, 3.8) is 0 Å². The first kappa shape index (κ1) is 16.7. The van der Waals surface area contributed by atoms with Crippen LogP contribution in [0.3, 0.4) is 0 Å². The minimum atomic E-state index is -0.321. The Morgan fingerprint density at radius 3 is 2.75 bits per heavy atom. The van der Waals surface area contributed by atoms with Crippen molar-refractivity contribution in [1.29, 1.82) is 0 Å². The summed E-state index contributed by atoms with van der Waals surface area (Å²) in [6.07, 6.45) is 8.96. The maximum atomic E-state index is 11.1. The Bertz CT molecular complexity index is 416. The summed E-state index contributed by atoms with van der Waals surface area (Å²) in [4.78, 5) is 21.8. The van der Waals surface area contributed by atoms with Gasteiger partial charge in [0.25, 0.3) is 0 Å². The number of allylic oxidation sites excluding steroid dienone is 3. The number of aldehydes is 1. The molecule has 3 heteroatoms. The summed E-state index contributed by atoms with van der Waals surface area (Å²) < 4.78 is 4.84. The van der Waals surface area contributed by atoms with E-state index >= 15 is 0 Å². The SMILES string of the molecule is CC(=O)OC/C=C(/C=O)CCC1C(C)=CCCC1(C)C. The van der Waals surface area contributed by atoms with Crippen molar-refractivity contribution in [3.8, 4) is 0 Å². The number of hydrogen-bond acceptors (Lipinski definition) is 3. The molecule has 1 aliphatic rings. The van der Waals surface area contributed by atoms with Crippen LogP contribution in [-0.2, 0) is 14.3 Å². The lowest BCUT2D eigenvalue weighted by molar-refractivity contribution is -0.139. The summed E-state index contributed by atoms with van der Waals surface area (Å²) in [6.45, 7) is 8.35. The summed E-state index contributed by atoms with van der Waals surface area (Å²) in [7, 11) is 0. The zero-order valence-corrected chi connectivity index (χ0v) is 13.1. The molecule has 0 N–H and O–H groups in total. The Kier molecular flexibility index (Phi) is 6.18. The lowest BCUT2D eigenvalue weighted by atomic mass is 9.67. The van der Waals surface area contributed by atoms with Gasteiger partial charge in [-0.2, -0.15) is 0 Å². The number of rotatable bonds is 6. The van der Waals surface area contributed by atoms with Crippen molar-refractivity contribution in [2.75, 3.05) is 6.61 Å². The molecule has 20 heavy (non-hydrogen) atoms. The van der Waals surface area contributed by atoms with E-state index in [9.17, 15) is 9.59 Å². The van der Waals surface area contributed by atoms with Gasteiger partial charge in [-0.1, -0.05) is 25.5 Å². The summed E-state index contributed by atoms with van der Waals surface area (Å²) in [5.74, 6) is 0.201. The molecule has 1 atom stereocenters. The molecule has 0 aromatic heterocycles. The Labute approximate surface area is 122 Å². The van der Waals surface area contributed by atoms with Crippen molar-refractivity contribution in [1.82, 2.24) is 0 Å². The van der Waals surface area contributed by atoms with Crippen LogP contribution in [0.25, 0.3) is 0 Å². The fourth-order valence-corrected chi connectivity index (χ4v) is 3.01. The molecule has 1 rings (SSSR count). The first-order valence-corrected chi connectivity index (χ1v) is 7.31. The van der Waals surface area contributed by atoms with E-state index in [1.165, 1.54) is 18.9 Å². The van der Waals surface area contributed by atoms with Gasteiger partial charge >= 0.3 is 5.97 Å². The van der Waals surface area contributed by atoms with Crippen molar-refractivity contribution < 1.29 is 14.3 Å². The van der Waals surface area contributed by atoms with Gasteiger partial charge in [-0.3, -0.25) is 9.59 Å². The van der Waals surface area contributed by atoms with E-state index in [1.807, 2.05) is 0 Å². The third-order valence-corrected chi connectivity index (χ3v) is 4.25. The van der Waals surface area contributed by atoms with Gasteiger partial charge in [0.15, 0.2) is 0 Å². The Balaban J connectivity index is 2.59. The van der Waals surface area contributed by atoms with E-state index in [4.69, 9.17) is 4.74 Å². The molecule has 0 bridgehead atoms. The average molecular weight is 278 g/mol. The van der Waals surface area contributed by atoms with Crippen LogP contribution in [0, 0.1) is 11.3 Å². The van der Waals surface area contributed by atoms with Gasteiger partial charge in [-0.15, -0.1) is 0 Å². The zero-order valence-electron chi connectivity index (χ0n) is 13.1. The largest absolute Gasteiger partial charge is 0.462 e. The van der Waals surface area contributed by atoms with Crippen molar-refractivity contribution in [2.45, 2.75) is 53.4 Å². The quantitative estimate of drug-likeness (QED) is 0.321. The number of esters is 1. The maximum absolute atomic E-state index is 11.1. The summed E-state index contributed by atoms with van der Waals surface area (Å²) in [5.41, 5.74) is 2.45. The molecule has 0 radical (unpaired) electrons. The van der Waals surface area contributed by atoms with E-state index < -0.39 is 0 Å². The minimum Gasteiger partial charge on any atom is -0.462 e. The second kappa shape index (κ2) is 7.41. The molecule has 0 spiro atoms. The first-order chi connectivity index (χ1) is 9.36.